The minimum Gasteiger partial charge on any atom is -0.345 e. The van der Waals surface area contributed by atoms with Gasteiger partial charge in [0.05, 0.1) is 24.1 Å². The molecule has 4 aliphatic rings. The smallest absolute Gasteiger partial charge is 0.345 e. The van der Waals surface area contributed by atoms with Gasteiger partial charge >= 0.3 is 5.76 Å². The van der Waals surface area contributed by atoms with Crippen molar-refractivity contribution in [3.8, 4) is 6.07 Å². The Morgan fingerprint density at radius 1 is 0.962 bits per heavy atom. The van der Waals surface area contributed by atoms with Crippen molar-refractivity contribution in [1.82, 2.24) is 29.7 Å². The quantitative estimate of drug-likeness (QED) is 0.351. The number of aryl methyl sites for hydroxylation is 2. The van der Waals surface area contributed by atoms with E-state index in [2.05, 4.69) is 11.4 Å². The standard InChI is InChI=1S/C40H49N7O5/c1-24(42-23-35(48)46-31(22-41)19-29-20-34(29)46)21-40(38-43-39(51)52-47(38)30-9-7-6-8-10-30)32-15-13-27(36(49)44(2)3)17-25(32)11-12-26-18-28(14-16-33(26)40)37(50)45(4)5/h13-18,24,29-31,34,42H,6-12,19-21,23H2,1-5H3/t24-,29-,31+,34+/m1/s1. The van der Waals surface area contributed by atoms with Crippen LogP contribution in [0.2, 0.25) is 0 Å². The Morgan fingerprint density at radius 2 is 1.56 bits per heavy atom. The SMILES string of the molecule is C[C@H](CC1(c2nc(=O)on2C2CCCCC2)c2ccc(C(=O)N(C)C)cc2CCc2cc(C(=O)N(C)C)ccc21)NCC(=O)N1[C@H](C#N)C[C@@H]2C[C@@H]21. The number of carbonyl (C=O) groups excluding carboxylic acids is 3. The van der Waals surface area contributed by atoms with E-state index < -0.39 is 17.2 Å². The Balaban J connectivity index is 1.39. The number of amides is 3. The van der Waals surface area contributed by atoms with Gasteiger partial charge in [-0.25, -0.2) is 4.79 Å². The number of likely N-dealkylation sites (tertiary alicyclic amines) is 1. The summed E-state index contributed by atoms with van der Waals surface area (Å²) in [6.45, 7) is 2.10. The van der Waals surface area contributed by atoms with E-state index in [1.807, 2.05) is 43.3 Å². The molecule has 1 aromatic heterocycles. The number of rotatable bonds is 9. The van der Waals surface area contributed by atoms with Crippen molar-refractivity contribution in [2.45, 2.75) is 101 Å². The third-order valence-corrected chi connectivity index (χ3v) is 11.7. The second kappa shape index (κ2) is 14.0. The minimum atomic E-state index is -1.05. The van der Waals surface area contributed by atoms with Gasteiger partial charge in [-0.05, 0) is 104 Å². The second-order valence-corrected chi connectivity index (χ2v) is 15.7. The zero-order valence-electron chi connectivity index (χ0n) is 30.9. The number of carbonyl (C=O) groups is 3. The van der Waals surface area contributed by atoms with Crippen molar-refractivity contribution in [3.05, 3.63) is 86.2 Å². The van der Waals surface area contributed by atoms with Gasteiger partial charge in [0, 0.05) is 51.4 Å². The van der Waals surface area contributed by atoms with E-state index in [1.165, 1.54) is 0 Å². The van der Waals surface area contributed by atoms with Crippen molar-refractivity contribution in [2.75, 3.05) is 34.7 Å². The van der Waals surface area contributed by atoms with Crippen molar-refractivity contribution in [3.63, 3.8) is 0 Å². The molecule has 52 heavy (non-hydrogen) atoms. The molecule has 2 saturated carbocycles. The lowest BCUT2D eigenvalue weighted by Crippen LogP contribution is -2.47. The van der Waals surface area contributed by atoms with Gasteiger partial charge in [0.1, 0.15) is 6.04 Å². The fraction of sp³-hybridized carbons (Fsp3) is 0.550. The summed E-state index contributed by atoms with van der Waals surface area (Å²) in [5.41, 5.74) is 3.80. The molecular weight excluding hydrogens is 658 g/mol. The molecular formula is C40H49N7O5. The Bertz CT molecular complexity index is 1910. The fourth-order valence-electron chi connectivity index (χ4n) is 9.13. The largest absolute Gasteiger partial charge is 0.459 e. The molecule has 12 heteroatoms. The summed E-state index contributed by atoms with van der Waals surface area (Å²) < 4.78 is 7.75. The van der Waals surface area contributed by atoms with E-state index in [0.717, 1.165) is 67.2 Å². The number of hydrogen-bond donors (Lipinski definition) is 1. The normalized spacial score (nSPS) is 22.3. The van der Waals surface area contributed by atoms with Crippen LogP contribution in [0.4, 0.5) is 0 Å². The number of piperidine rings is 1. The highest BCUT2D eigenvalue weighted by Gasteiger charge is 2.54. The van der Waals surface area contributed by atoms with Crippen LogP contribution in [-0.4, -0.2) is 95.0 Å². The molecule has 4 atom stereocenters. The number of hydrogen-bond acceptors (Lipinski definition) is 8. The molecule has 0 unspecified atom stereocenters. The zero-order valence-corrected chi connectivity index (χ0v) is 30.9. The number of nitrogens with one attached hydrogen (secondary N) is 1. The van der Waals surface area contributed by atoms with Gasteiger partial charge < -0.3 is 24.5 Å². The molecule has 3 fully saturated rings. The maximum Gasteiger partial charge on any atom is 0.459 e. The summed E-state index contributed by atoms with van der Waals surface area (Å²) in [7, 11) is 6.92. The number of benzene rings is 2. The summed E-state index contributed by atoms with van der Waals surface area (Å²) >= 11 is 0. The van der Waals surface area contributed by atoms with Gasteiger partial charge in [-0.3, -0.25) is 14.4 Å². The molecule has 0 radical (unpaired) electrons. The van der Waals surface area contributed by atoms with Gasteiger partial charge in [-0.2, -0.15) is 15.0 Å². The Hall–Kier alpha value is -4.76. The third kappa shape index (κ3) is 6.33. The Kier molecular flexibility index (Phi) is 9.59. The van der Waals surface area contributed by atoms with Crippen LogP contribution >= 0.6 is 0 Å². The first-order valence-electron chi connectivity index (χ1n) is 18.7. The summed E-state index contributed by atoms with van der Waals surface area (Å²) in [6.07, 6.45) is 8.14. The number of fused-ring (bicyclic) bond motifs is 3. The first-order valence-corrected chi connectivity index (χ1v) is 18.7. The predicted octanol–water partition coefficient (Wildman–Crippen LogP) is 4.06. The van der Waals surface area contributed by atoms with E-state index in [4.69, 9.17) is 9.51 Å². The van der Waals surface area contributed by atoms with Gasteiger partial charge in [0.2, 0.25) is 5.91 Å². The van der Waals surface area contributed by atoms with Crippen molar-refractivity contribution in [1.29, 1.82) is 5.26 Å². The van der Waals surface area contributed by atoms with Crippen LogP contribution in [0.25, 0.3) is 0 Å². The molecule has 1 N–H and O–H groups in total. The molecule has 1 saturated heterocycles. The first-order chi connectivity index (χ1) is 24.9. The fourth-order valence-corrected chi connectivity index (χ4v) is 9.13. The molecule has 0 spiro atoms. The number of nitriles is 1. The summed E-state index contributed by atoms with van der Waals surface area (Å²) in [4.78, 5) is 63.0. The zero-order chi connectivity index (χ0) is 36.9. The molecule has 12 nitrogen and oxygen atoms in total. The topological polar surface area (TPSA) is 145 Å². The van der Waals surface area contributed by atoms with E-state index >= 15 is 0 Å². The molecule has 3 amide bonds. The van der Waals surface area contributed by atoms with Gasteiger partial charge in [-0.15, -0.1) is 0 Å². The monoisotopic (exact) mass is 707 g/mol. The Morgan fingerprint density at radius 3 is 2.12 bits per heavy atom. The average molecular weight is 708 g/mol. The van der Waals surface area contributed by atoms with Crippen LogP contribution in [0, 0.1) is 17.2 Å². The van der Waals surface area contributed by atoms with E-state index in [0.29, 0.717) is 42.1 Å². The van der Waals surface area contributed by atoms with Crippen molar-refractivity contribution in [2.24, 2.45) is 5.92 Å². The molecule has 0 bridgehead atoms. The highest BCUT2D eigenvalue weighted by atomic mass is 16.5. The molecule has 3 aliphatic carbocycles. The number of aromatic nitrogens is 2. The minimum absolute atomic E-state index is 0.0513. The summed E-state index contributed by atoms with van der Waals surface area (Å²) in [5.74, 6) is -0.0596. The summed E-state index contributed by atoms with van der Waals surface area (Å²) in [5, 5.41) is 13.2. The molecule has 7 rings (SSSR count). The number of nitrogens with zero attached hydrogens (tertiary/aromatic N) is 6. The average Bonchev–Trinajstić information content (AvgIpc) is 3.67. The molecule has 3 aromatic rings. The second-order valence-electron chi connectivity index (χ2n) is 15.7. The van der Waals surface area contributed by atoms with Crippen LogP contribution in [0.3, 0.4) is 0 Å². The van der Waals surface area contributed by atoms with Gasteiger partial charge in [0.25, 0.3) is 11.8 Å². The highest BCUT2D eigenvalue weighted by Crippen LogP contribution is 2.50. The van der Waals surface area contributed by atoms with E-state index in [9.17, 15) is 24.4 Å². The molecule has 274 valence electrons. The van der Waals surface area contributed by atoms with Gasteiger partial charge in [0.15, 0.2) is 5.82 Å². The van der Waals surface area contributed by atoms with E-state index in [-0.39, 0.29) is 42.4 Å². The molecule has 1 aliphatic heterocycles. The van der Waals surface area contributed by atoms with Crippen LogP contribution in [0.5, 0.6) is 0 Å². The van der Waals surface area contributed by atoms with E-state index in [1.54, 1.807) is 47.6 Å². The van der Waals surface area contributed by atoms with Crippen LogP contribution in [0.15, 0.2) is 45.7 Å². The maximum absolute atomic E-state index is 13.6. The first kappa shape index (κ1) is 35.6. The highest BCUT2D eigenvalue weighted by molar-refractivity contribution is 5.95. The lowest BCUT2D eigenvalue weighted by atomic mass is 9.67. The summed E-state index contributed by atoms with van der Waals surface area (Å²) in [6, 6.07) is 13.3. The lowest BCUT2D eigenvalue weighted by molar-refractivity contribution is -0.131. The van der Waals surface area contributed by atoms with Crippen LogP contribution in [0.1, 0.15) is 113 Å². The van der Waals surface area contributed by atoms with Gasteiger partial charge in [-0.1, -0.05) is 31.4 Å². The third-order valence-electron chi connectivity index (χ3n) is 11.7. The predicted molar refractivity (Wildman–Crippen MR) is 194 cm³/mol. The van der Waals surface area contributed by atoms with Crippen LogP contribution in [-0.2, 0) is 23.1 Å². The van der Waals surface area contributed by atoms with Crippen molar-refractivity contribution < 1.29 is 18.9 Å². The molecule has 2 aromatic carbocycles. The maximum atomic E-state index is 13.6. The van der Waals surface area contributed by atoms with Crippen molar-refractivity contribution >= 4 is 17.7 Å². The molecule has 2 heterocycles. The Labute approximate surface area is 304 Å². The van der Waals surface area contributed by atoms with Crippen LogP contribution < -0.4 is 11.1 Å². The lowest BCUT2D eigenvalue weighted by Gasteiger charge is -2.39.